The van der Waals surface area contributed by atoms with Crippen LogP contribution in [0.5, 0.6) is 0 Å². The molecule has 0 aliphatic rings. The first-order chi connectivity index (χ1) is 17.4. The molecule has 0 saturated carbocycles. The van der Waals surface area contributed by atoms with Gasteiger partial charge in [-0.2, -0.15) is 0 Å². The Labute approximate surface area is 216 Å². The molecule has 2 aromatic heterocycles. The van der Waals surface area contributed by atoms with Crippen molar-refractivity contribution in [1.29, 1.82) is 0 Å². The summed E-state index contributed by atoms with van der Waals surface area (Å²) in [5, 5.41) is 16.5. The molecule has 186 valence electrons. The van der Waals surface area contributed by atoms with Crippen molar-refractivity contribution in [2.45, 2.75) is 38.9 Å². The number of aromatic nitrogens is 1. The highest BCUT2D eigenvalue weighted by molar-refractivity contribution is 6.34. The van der Waals surface area contributed by atoms with Crippen molar-refractivity contribution < 1.29 is 14.3 Å². The first kappa shape index (κ1) is 25.6. The Morgan fingerprint density at radius 3 is 2.53 bits per heavy atom. The third kappa shape index (κ3) is 6.61. The first-order valence-electron chi connectivity index (χ1n) is 11.9. The smallest absolute Gasteiger partial charge is 0.253 e. The van der Waals surface area contributed by atoms with Gasteiger partial charge in [0.25, 0.3) is 5.91 Å². The number of carbonyl (C=O) groups excluding carboxylic acids is 1. The minimum atomic E-state index is -0.448. The number of halogens is 1. The van der Waals surface area contributed by atoms with Crippen molar-refractivity contribution in [3.05, 3.63) is 112 Å². The largest absolute Gasteiger partial charge is 0.460 e. The molecule has 2 aromatic carbocycles. The van der Waals surface area contributed by atoms with E-state index >= 15 is 0 Å². The van der Waals surface area contributed by atoms with E-state index in [1.54, 1.807) is 24.5 Å². The Bertz CT molecular complexity index is 1290. The number of pyridine rings is 1. The Morgan fingerprint density at radius 2 is 1.81 bits per heavy atom. The van der Waals surface area contributed by atoms with Gasteiger partial charge in [0.15, 0.2) is 0 Å². The maximum atomic E-state index is 13.0. The van der Waals surface area contributed by atoms with Crippen LogP contribution < -0.4 is 10.6 Å². The van der Waals surface area contributed by atoms with Crippen molar-refractivity contribution in [3.63, 3.8) is 0 Å². The Kier molecular flexibility index (Phi) is 8.54. The number of amides is 1. The topological polar surface area (TPSA) is 87.4 Å². The second-order valence-electron chi connectivity index (χ2n) is 8.89. The summed E-state index contributed by atoms with van der Waals surface area (Å²) in [5.74, 6) is 1.09. The summed E-state index contributed by atoms with van der Waals surface area (Å²) in [6.07, 6.45) is 3.85. The zero-order chi connectivity index (χ0) is 25.5. The summed E-state index contributed by atoms with van der Waals surface area (Å²) in [6, 6.07) is 20.9. The number of aliphatic hydroxyl groups excluding tert-OH is 1. The molecule has 4 rings (SSSR count). The lowest BCUT2D eigenvalue weighted by Crippen LogP contribution is -2.39. The van der Waals surface area contributed by atoms with Crippen molar-refractivity contribution in [2.75, 3.05) is 6.61 Å². The van der Waals surface area contributed by atoms with Gasteiger partial charge in [0.2, 0.25) is 0 Å². The van der Waals surface area contributed by atoms with Crippen LogP contribution in [0.1, 0.15) is 45.8 Å². The predicted molar refractivity (Wildman–Crippen MR) is 142 cm³/mol. The molecule has 7 heteroatoms. The minimum Gasteiger partial charge on any atom is -0.460 e. The van der Waals surface area contributed by atoms with Gasteiger partial charge < -0.3 is 20.2 Å². The van der Waals surface area contributed by atoms with Crippen molar-refractivity contribution in [3.8, 4) is 11.3 Å². The number of carbonyl (C=O) groups is 1. The molecule has 0 aliphatic heterocycles. The Morgan fingerprint density at radius 1 is 1.06 bits per heavy atom. The van der Waals surface area contributed by atoms with E-state index in [1.807, 2.05) is 30.3 Å². The highest BCUT2D eigenvalue weighted by atomic mass is 35.5. The fourth-order valence-corrected chi connectivity index (χ4v) is 4.14. The van der Waals surface area contributed by atoms with E-state index < -0.39 is 6.04 Å². The number of furan rings is 1. The normalized spacial score (nSPS) is 12.8. The summed E-state index contributed by atoms with van der Waals surface area (Å²) in [6.45, 7) is 4.57. The SMILES string of the molecule is Cc1ccc(C(C)NCc2ccc(-c3ccc(Cl)c(C(=O)NC(CO)Cc4ccncc4)c3)o2)cc1. The van der Waals surface area contributed by atoms with E-state index in [4.69, 9.17) is 16.0 Å². The molecule has 4 aromatic rings. The van der Waals surface area contributed by atoms with E-state index in [2.05, 4.69) is 53.7 Å². The van der Waals surface area contributed by atoms with E-state index in [0.717, 1.165) is 16.9 Å². The summed E-state index contributed by atoms with van der Waals surface area (Å²) >= 11 is 6.35. The molecule has 2 unspecified atom stereocenters. The second kappa shape index (κ2) is 12.0. The van der Waals surface area contributed by atoms with Gasteiger partial charge in [0.1, 0.15) is 11.5 Å². The zero-order valence-electron chi connectivity index (χ0n) is 20.4. The summed E-state index contributed by atoms with van der Waals surface area (Å²) in [7, 11) is 0. The van der Waals surface area contributed by atoms with Crippen molar-refractivity contribution in [1.82, 2.24) is 15.6 Å². The highest BCUT2D eigenvalue weighted by Crippen LogP contribution is 2.27. The predicted octanol–water partition coefficient (Wildman–Crippen LogP) is 5.49. The molecule has 0 saturated heterocycles. The maximum absolute atomic E-state index is 13.0. The number of rotatable bonds is 10. The fraction of sp³-hybridized carbons (Fsp3) is 0.241. The lowest BCUT2D eigenvalue weighted by atomic mass is 10.1. The lowest BCUT2D eigenvalue weighted by Gasteiger charge is -2.17. The first-order valence-corrected chi connectivity index (χ1v) is 12.3. The lowest BCUT2D eigenvalue weighted by molar-refractivity contribution is 0.0916. The number of hydrogen-bond acceptors (Lipinski definition) is 5. The molecule has 0 aliphatic carbocycles. The maximum Gasteiger partial charge on any atom is 0.253 e. The molecule has 3 N–H and O–H groups in total. The van der Waals surface area contributed by atoms with Crippen LogP contribution in [0.15, 0.2) is 83.5 Å². The Balaban J connectivity index is 1.41. The van der Waals surface area contributed by atoms with Crippen LogP contribution >= 0.6 is 11.6 Å². The molecule has 1 amide bonds. The standard InChI is InChI=1S/C29H30ClN3O3/c1-19-3-5-22(6-4-19)20(2)32-17-25-8-10-28(36-25)23-7-9-27(30)26(16-23)29(35)33-24(18-34)15-21-11-13-31-14-12-21/h3-14,16,20,24,32,34H,15,17-18H2,1-2H3,(H,33,35). The summed E-state index contributed by atoms with van der Waals surface area (Å²) < 4.78 is 6.05. The van der Waals surface area contributed by atoms with E-state index in [1.165, 1.54) is 11.1 Å². The molecular formula is C29H30ClN3O3. The quantitative estimate of drug-likeness (QED) is 0.266. The van der Waals surface area contributed by atoms with Gasteiger partial charge in [-0.25, -0.2) is 0 Å². The molecule has 2 heterocycles. The fourth-order valence-electron chi connectivity index (χ4n) is 3.94. The molecule has 6 nitrogen and oxygen atoms in total. The van der Waals surface area contributed by atoms with Crippen LogP contribution in [0.2, 0.25) is 5.02 Å². The van der Waals surface area contributed by atoms with Crippen LogP contribution in [0.3, 0.4) is 0 Å². The third-order valence-electron chi connectivity index (χ3n) is 6.10. The number of nitrogens with zero attached hydrogens (tertiary/aromatic N) is 1. The minimum absolute atomic E-state index is 0.177. The number of hydrogen-bond donors (Lipinski definition) is 3. The summed E-state index contributed by atoms with van der Waals surface area (Å²) in [5.41, 5.74) is 4.49. The van der Waals surface area contributed by atoms with E-state index in [0.29, 0.717) is 29.3 Å². The average molecular weight is 504 g/mol. The van der Waals surface area contributed by atoms with Gasteiger partial charge in [0.05, 0.1) is 29.8 Å². The van der Waals surface area contributed by atoms with Crippen LogP contribution in [0.25, 0.3) is 11.3 Å². The molecule has 36 heavy (non-hydrogen) atoms. The molecule has 0 spiro atoms. The number of nitrogens with one attached hydrogen (secondary N) is 2. The van der Waals surface area contributed by atoms with E-state index in [9.17, 15) is 9.90 Å². The van der Waals surface area contributed by atoms with Crippen LogP contribution in [0, 0.1) is 6.92 Å². The molecule has 2 atom stereocenters. The number of aryl methyl sites for hydroxylation is 1. The average Bonchev–Trinajstić information content (AvgIpc) is 3.37. The number of aliphatic hydroxyl groups is 1. The zero-order valence-corrected chi connectivity index (χ0v) is 21.1. The van der Waals surface area contributed by atoms with Crippen molar-refractivity contribution >= 4 is 17.5 Å². The van der Waals surface area contributed by atoms with Crippen molar-refractivity contribution in [2.24, 2.45) is 0 Å². The van der Waals surface area contributed by atoms with Crippen LogP contribution in [-0.2, 0) is 13.0 Å². The molecular weight excluding hydrogens is 474 g/mol. The van der Waals surface area contributed by atoms with E-state index in [-0.39, 0.29) is 18.6 Å². The van der Waals surface area contributed by atoms with Gasteiger partial charge in [0, 0.05) is 24.0 Å². The van der Waals surface area contributed by atoms with Gasteiger partial charge in [-0.1, -0.05) is 41.4 Å². The van der Waals surface area contributed by atoms with Gasteiger partial charge >= 0.3 is 0 Å². The molecule has 0 bridgehead atoms. The van der Waals surface area contributed by atoms with Gasteiger partial charge in [-0.05, 0) is 73.9 Å². The van der Waals surface area contributed by atoms with Gasteiger partial charge in [-0.15, -0.1) is 0 Å². The summed E-state index contributed by atoms with van der Waals surface area (Å²) in [4.78, 5) is 17.0. The van der Waals surface area contributed by atoms with Crippen LogP contribution in [0.4, 0.5) is 0 Å². The highest BCUT2D eigenvalue weighted by Gasteiger charge is 2.18. The van der Waals surface area contributed by atoms with Crippen LogP contribution in [-0.4, -0.2) is 28.6 Å². The third-order valence-corrected chi connectivity index (χ3v) is 6.43. The van der Waals surface area contributed by atoms with Gasteiger partial charge in [-0.3, -0.25) is 9.78 Å². The monoisotopic (exact) mass is 503 g/mol. The molecule has 0 radical (unpaired) electrons. The number of benzene rings is 2. The Hall–Kier alpha value is -3.45. The second-order valence-corrected chi connectivity index (χ2v) is 9.29. The molecule has 0 fully saturated rings.